The predicted molar refractivity (Wildman–Crippen MR) is 69.3 cm³/mol. The minimum atomic E-state index is -0.956. The zero-order valence-electron chi connectivity index (χ0n) is 9.71. The number of carbonyl (C=O) groups is 1. The molecule has 2 aromatic rings. The minimum absolute atomic E-state index is 0.114. The second-order valence-corrected chi connectivity index (χ2v) is 4.61. The predicted octanol–water partition coefficient (Wildman–Crippen LogP) is 3.06. The molecule has 0 atom stereocenters. The van der Waals surface area contributed by atoms with Gasteiger partial charge in [-0.3, -0.25) is 4.79 Å². The summed E-state index contributed by atoms with van der Waals surface area (Å²) in [4.78, 5) is 20.9. The molecule has 0 N–H and O–H groups in total. The average Bonchev–Trinajstić information content (AvgIpc) is 2.89. The third-order valence-electron chi connectivity index (χ3n) is 2.29. The molecular formula is C12H9BrN2O4. The Kier molecular flexibility index (Phi) is 4.53. The van der Waals surface area contributed by atoms with Crippen molar-refractivity contribution in [1.82, 2.24) is 5.16 Å². The number of nitrogens with zero attached hydrogens (tertiary/aromatic N) is 2. The topological polar surface area (TPSA) is 81.8 Å². The van der Waals surface area contributed by atoms with E-state index in [0.29, 0.717) is 12.4 Å². The maximum atomic E-state index is 10.9. The summed E-state index contributed by atoms with van der Waals surface area (Å²) in [5, 5.41) is 5.67. The van der Waals surface area contributed by atoms with Crippen LogP contribution in [0.1, 0.15) is 21.8 Å². The lowest BCUT2D eigenvalue weighted by atomic mass is 10.2. The van der Waals surface area contributed by atoms with Crippen LogP contribution >= 0.6 is 15.9 Å². The molecule has 7 heteroatoms. The van der Waals surface area contributed by atoms with Crippen LogP contribution < -0.4 is 0 Å². The van der Waals surface area contributed by atoms with Gasteiger partial charge in [0.25, 0.3) is 0 Å². The van der Waals surface area contributed by atoms with E-state index in [9.17, 15) is 9.70 Å². The van der Waals surface area contributed by atoms with Crippen LogP contribution in [0.25, 0.3) is 0 Å². The Hall–Kier alpha value is -1.86. The van der Waals surface area contributed by atoms with E-state index in [1.54, 1.807) is 0 Å². The SMILES string of the molecule is O=NC(=O)c1cc(COCc2ccc(Br)cc2)on1. The molecule has 0 spiro atoms. The highest BCUT2D eigenvalue weighted by molar-refractivity contribution is 9.10. The average molecular weight is 325 g/mol. The third-order valence-corrected chi connectivity index (χ3v) is 2.82. The summed E-state index contributed by atoms with van der Waals surface area (Å²) < 4.78 is 11.2. The molecule has 0 radical (unpaired) electrons. The molecule has 98 valence electrons. The van der Waals surface area contributed by atoms with Gasteiger partial charge in [0.05, 0.1) is 6.61 Å². The number of halogens is 1. The highest BCUT2D eigenvalue weighted by atomic mass is 79.9. The zero-order chi connectivity index (χ0) is 13.7. The summed E-state index contributed by atoms with van der Waals surface area (Å²) >= 11 is 3.34. The van der Waals surface area contributed by atoms with Crippen molar-refractivity contribution in [2.45, 2.75) is 13.2 Å². The molecule has 1 heterocycles. The van der Waals surface area contributed by atoms with Crippen molar-refractivity contribution in [2.24, 2.45) is 5.18 Å². The highest BCUT2D eigenvalue weighted by Crippen LogP contribution is 2.12. The van der Waals surface area contributed by atoms with Gasteiger partial charge in [0, 0.05) is 15.7 Å². The van der Waals surface area contributed by atoms with Gasteiger partial charge < -0.3 is 9.26 Å². The number of ether oxygens (including phenoxy) is 1. The first-order chi connectivity index (χ1) is 9.19. The number of hydrogen-bond acceptors (Lipinski definition) is 5. The molecule has 0 aliphatic carbocycles. The fraction of sp³-hybridized carbons (Fsp3) is 0.167. The van der Waals surface area contributed by atoms with Gasteiger partial charge in [-0.2, -0.15) is 0 Å². The maximum absolute atomic E-state index is 10.9. The van der Waals surface area contributed by atoms with Gasteiger partial charge in [0.15, 0.2) is 11.5 Å². The number of carbonyl (C=O) groups excluding carboxylic acids is 1. The molecule has 0 saturated heterocycles. The van der Waals surface area contributed by atoms with E-state index in [1.165, 1.54) is 6.07 Å². The Balaban J connectivity index is 1.85. The van der Waals surface area contributed by atoms with Crippen molar-refractivity contribution < 1.29 is 14.1 Å². The fourth-order valence-corrected chi connectivity index (χ4v) is 1.64. The standard InChI is InChI=1S/C12H9BrN2O4/c13-9-3-1-8(2-4-9)6-18-7-10-5-11(15-19-10)12(16)14-17/h1-5H,6-7H2. The fourth-order valence-electron chi connectivity index (χ4n) is 1.38. The van der Waals surface area contributed by atoms with Crippen LogP contribution in [0.5, 0.6) is 0 Å². The van der Waals surface area contributed by atoms with Gasteiger partial charge in [-0.15, -0.1) is 4.91 Å². The molecule has 2 rings (SSSR count). The molecule has 0 unspecified atom stereocenters. The molecule has 1 amide bonds. The van der Waals surface area contributed by atoms with Gasteiger partial charge >= 0.3 is 5.91 Å². The number of hydrogen-bond donors (Lipinski definition) is 0. The number of benzene rings is 1. The molecular weight excluding hydrogens is 316 g/mol. The zero-order valence-corrected chi connectivity index (χ0v) is 11.3. The largest absolute Gasteiger partial charge is 0.369 e. The van der Waals surface area contributed by atoms with Crippen LogP contribution in [-0.2, 0) is 18.0 Å². The van der Waals surface area contributed by atoms with Crippen molar-refractivity contribution in [1.29, 1.82) is 0 Å². The van der Waals surface area contributed by atoms with Gasteiger partial charge in [-0.25, -0.2) is 0 Å². The molecule has 1 aromatic carbocycles. The summed E-state index contributed by atoms with van der Waals surface area (Å²) in [6.07, 6.45) is 0. The first-order valence-electron chi connectivity index (χ1n) is 5.34. The number of rotatable bonds is 5. The Morgan fingerprint density at radius 1 is 1.32 bits per heavy atom. The third kappa shape index (κ3) is 3.80. The van der Waals surface area contributed by atoms with E-state index in [-0.39, 0.29) is 12.3 Å². The number of amides is 1. The lowest BCUT2D eigenvalue weighted by molar-refractivity contribution is 0.0880. The lowest BCUT2D eigenvalue weighted by Gasteiger charge is -2.01. The smallest absolute Gasteiger partial charge is 0.338 e. The molecule has 0 fully saturated rings. The normalized spacial score (nSPS) is 10.4. The molecule has 0 aliphatic rings. The second kappa shape index (κ2) is 6.35. The Morgan fingerprint density at radius 3 is 2.74 bits per heavy atom. The molecule has 0 aliphatic heterocycles. The van der Waals surface area contributed by atoms with Crippen LogP contribution in [0.4, 0.5) is 0 Å². The summed E-state index contributed by atoms with van der Waals surface area (Å²) in [6, 6.07) is 9.02. The van der Waals surface area contributed by atoms with E-state index in [4.69, 9.17) is 9.26 Å². The number of aromatic nitrogens is 1. The minimum Gasteiger partial charge on any atom is -0.369 e. The van der Waals surface area contributed by atoms with Crippen LogP contribution in [0.15, 0.2) is 44.5 Å². The molecule has 19 heavy (non-hydrogen) atoms. The van der Waals surface area contributed by atoms with E-state index in [0.717, 1.165) is 10.0 Å². The second-order valence-electron chi connectivity index (χ2n) is 3.69. The van der Waals surface area contributed by atoms with Crippen LogP contribution in [0.3, 0.4) is 0 Å². The Bertz CT molecular complexity index is 580. The van der Waals surface area contributed by atoms with Gasteiger partial charge in [0.1, 0.15) is 6.61 Å². The molecule has 0 bridgehead atoms. The maximum Gasteiger partial charge on any atom is 0.338 e. The molecule has 6 nitrogen and oxygen atoms in total. The number of nitroso groups, excluding NO2 is 1. The quantitative estimate of drug-likeness (QED) is 0.789. The lowest BCUT2D eigenvalue weighted by Crippen LogP contribution is -1.94. The van der Waals surface area contributed by atoms with Crippen molar-refractivity contribution in [3.8, 4) is 0 Å². The van der Waals surface area contributed by atoms with Gasteiger partial charge in [-0.05, 0) is 17.7 Å². The molecule has 0 saturated carbocycles. The monoisotopic (exact) mass is 324 g/mol. The first kappa shape index (κ1) is 13.6. The highest BCUT2D eigenvalue weighted by Gasteiger charge is 2.12. The summed E-state index contributed by atoms with van der Waals surface area (Å²) in [7, 11) is 0. The van der Waals surface area contributed by atoms with E-state index in [2.05, 4.69) is 26.3 Å². The summed E-state index contributed by atoms with van der Waals surface area (Å²) in [5.74, 6) is -0.591. The Labute approximate surface area is 116 Å². The first-order valence-corrected chi connectivity index (χ1v) is 6.14. The van der Waals surface area contributed by atoms with Crippen LogP contribution in [0.2, 0.25) is 0 Å². The van der Waals surface area contributed by atoms with Crippen molar-refractivity contribution in [3.63, 3.8) is 0 Å². The molecule has 1 aromatic heterocycles. The summed E-state index contributed by atoms with van der Waals surface area (Å²) in [5.41, 5.74) is 0.894. The van der Waals surface area contributed by atoms with Crippen LogP contribution in [0, 0.1) is 4.91 Å². The van der Waals surface area contributed by atoms with E-state index < -0.39 is 5.91 Å². The van der Waals surface area contributed by atoms with E-state index in [1.807, 2.05) is 24.3 Å². The van der Waals surface area contributed by atoms with E-state index >= 15 is 0 Å². The van der Waals surface area contributed by atoms with Crippen molar-refractivity contribution in [2.75, 3.05) is 0 Å². The summed E-state index contributed by atoms with van der Waals surface area (Å²) in [6.45, 7) is 0.568. The van der Waals surface area contributed by atoms with Gasteiger partial charge in [0.2, 0.25) is 0 Å². The van der Waals surface area contributed by atoms with Crippen molar-refractivity contribution >= 4 is 21.8 Å². The van der Waals surface area contributed by atoms with Gasteiger partial charge in [-0.1, -0.05) is 33.2 Å². The van der Waals surface area contributed by atoms with Crippen molar-refractivity contribution in [3.05, 3.63) is 56.7 Å². The Morgan fingerprint density at radius 2 is 2.05 bits per heavy atom. The van der Waals surface area contributed by atoms with Crippen LogP contribution in [-0.4, -0.2) is 11.1 Å².